The molecule has 0 saturated heterocycles. The first kappa shape index (κ1) is 13.8. The Bertz CT molecular complexity index is 680. The highest BCUT2D eigenvalue weighted by molar-refractivity contribution is 6.30. The van der Waals surface area contributed by atoms with E-state index in [-0.39, 0.29) is 11.9 Å². The lowest BCUT2D eigenvalue weighted by molar-refractivity contribution is -0.130. The van der Waals surface area contributed by atoms with Crippen LogP contribution >= 0.6 is 11.6 Å². The number of carbonyl (C=O) groups excluding carboxylic acids is 1. The van der Waals surface area contributed by atoms with Gasteiger partial charge in [0.05, 0.1) is 11.8 Å². The van der Waals surface area contributed by atoms with Crippen LogP contribution in [0.2, 0.25) is 5.02 Å². The maximum Gasteiger partial charge on any atom is 0.240 e. The Morgan fingerprint density at radius 1 is 1.14 bits per heavy atom. The third kappa shape index (κ3) is 2.83. The van der Waals surface area contributed by atoms with E-state index in [4.69, 9.17) is 11.6 Å². The number of amides is 1. The van der Waals surface area contributed by atoms with Crippen LogP contribution in [0.5, 0.6) is 0 Å². The molecule has 21 heavy (non-hydrogen) atoms. The van der Waals surface area contributed by atoms with Crippen molar-refractivity contribution in [1.29, 1.82) is 0 Å². The van der Waals surface area contributed by atoms with Crippen LogP contribution in [0.4, 0.5) is 0 Å². The average Bonchev–Trinajstić information content (AvgIpc) is 2.94. The Labute approximate surface area is 128 Å². The second-order valence-corrected chi connectivity index (χ2v) is 5.48. The van der Waals surface area contributed by atoms with Gasteiger partial charge in [0.1, 0.15) is 0 Å². The van der Waals surface area contributed by atoms with E-state index in [1.54, 1.807) is 11.9 Å². The van der Waals surface area contributed by atoms with Gasteiger partial charge in [-0.3, -0.25) is 4.79 Å². The number of nitrogens with zero attached hydrogens (tertiary/aromatic N) is 2. The molecule has 1 amide bonds. The van der Waals surface area contributed by atoms with E-state index in [9.17, 15) is 4.79 Å². The molecule has 0 radical (unpaired) electrons. The summed E-state index contributed by atoms with van der Waals surface area (Å²) < 4.78 is 0. The van der Waals surface area contributed by atoms with Gasteiger partial charge in [0.2, 0.25) is 5.91 Å². The lowest BCUT2D eigenvalue weighted by atomic mass is 9.98. The summed E-state index contributed by atoms with van der Waals surface area (Å²) in [5.74, 6) is -0.0547. The van der Waals surface area contributed by atoms with Crippen molar-refractivity contribution >= 4 is 23.2 Å². The maximum absolute atomic E-state index is 11.9. The Balaban J connectivity index is 1.93. The summed E-state index contributed by atoms with van der Waals surface area (Å²) in [7, 11) is 0. The third-order valence-electron chi connectivity index (χ3n) is 3.59. The molecule has 0 bridgehead atoms. The van der Waals surface area contributed by atoms with Gasteiger partial charge < -0.3 is 0 Å². The largest absolute Gasteiger partial charge is 0.273 e. The lowest BCUT2D eigenvalue weighted by Gasteiger charge is -2.20. The quantitative estimate of drug-likeness (QED) is 0.823. The SMILES string of the molecule is CC(=O)N1N=C(c2ccccc2)CC1c1ccc(Cl)cc1. The third-order valence-corrected chi connectivity index (χ3v) is 3.85. The number of rotatable bonds is 2. The molecule has 106 valence electrons. The van der Waals surface area contributed by atoms with Crippen LogP contribution < -0.4 is 0 Å². The fraction of sp³-hybridized carbons (Fsp3) is 0.176. The minimum Gasteiger partial charge on any atom is -0.273 e. The van der Waals surface area contributed by atoms with Crippen LogP contribution in [0.25, 0.3) is 0 Å². The lowest BCUT2D eigenvalue weighted by Crippen LogP contribution is -2.24. The summed E-state index contributed by atoms with van der Waals surface area (Å²) in [6.45, 7) is 1.54. The summed E-state index contributed by atoms with van der Waals surface area (Å²) in [4.78, 5) is 11.9. The van der Waals surface area contributed by atoms with E-state index < -0.39 is 0 Å². The van der Waals surface area contributed by atoms with Gasteiger partial charge >= 0.3 is 0 Å². The fourth-order valence-corrected chi connectivity index (χ4v) is 2.68. The normalized spacial score (nSPS) is 17.7. The monoisotopic (exact) mass is 298 g/mol. The van der Waals surface area contributed by atoms with Gasteiger partial charge in [-0.05, 0) is 23.3 Å². The van der Waals surface area contributed by atoms with Gasteiger partial charge in [0.25, 0.3) is 0 Å². The molecule has 1 aliphatic rings. The molecule has 1 unspecified atom stereocenters. The van der Waals surface area contributed by atoms with Gasteiger partial charge in [0, 0.05) is 18.4 Å². The summed E-state index contributed by atoms with van der Waals surface area (Å²) >= 11 is 5.93. The van der Waals surface area contributed by atoms with E-state index in [2.05, 4.69) is 5.10 Å². The molecular weight excluding hydrogens is 284 g/mol. The van der Waals surface area contributed by atoms with Gasteiger partial charge in [-0.15, -0.1) is 0 Å². The summed E-state index contributed by atoms with van der Waals surface area (Å²) in [5.41, 5.74) is 3.04. The Morgan fingerprint density at radius 3 is 2.43 bits per heavy atom. The summed E-state index contributed by atoms with van der Waals surface area (Å²) in [5, 5.41) is 6.76. The van der Waals surface area contributed by atoms with Crippen LogP contribution in [-0.2, 0) is 4.79 Å². The van der Waals surface area contributed by atoms with E-state index in [1.807, 2.05) is 54.6 Å². The van der Waals surface area contributed by atoms with Crippen LogP contribution in [0.3, 0.4) is 0 Å². The second kappa shape index (κ2) is 5.70. The summed E-state index contributed by atoms with van der Waals surface area (Å²) in [6.07, 6.45) is 0.714. The Morgan fingerprint density at radius 2 is 1.81 bits per heavy atom. The molecule has 2 aromatic rings. The Hall–Kier alpha value is -2.13. The Kier molecular flexibility index (Phi) is 3.76. The van der Waals surface area contributed by atoms with Gasteiger partial charge in [0.15, 0.2) is 0 Å². The topological polar surface area (TPSA) is 32.7 Å². The standard InChI is InChI=1S/C17H15ClN2O/c1-12(21)20-17(14-7-9-15(18)10-8-14)11-16(19-20)13-5-3-2-4-6-13/h2-10,17H,11H2,1H3. The zero-order valence-corrected chi connectivity index (χ0v) is 12.4. The maximum atomic E-state index is 11.9. The molecule has 1 atom stereocenters. The van der Waals surface area contributed by atoms with Crippen molar-refractivity contribution in [3.05, 3.63) is 70.7 Å². The highest BCUT2D eigenvalue weighted by Gasteiger charge is 2.31. The predicted octanol–water partition coefficient (Wildman–Crippen LogP) is 4.04. The van der Waals surface area contributed by atoms with E-state index in [0.29, 0.717) is 11.4 Å². The first-order chi connectivity index (χ1) is 10.1. The number of halogens is 1. The number of hydrazone groups is 1. The molecule has 0 spiro atoms. The first-order valence-corrected chi connectivity index (χ1v) is 7.21. The highest BCUT2D eigenvalue weighted by atomic mass is 35.5. The molecule has 1 heterocycles. The highest BCUT2D eigenvalue weighted by Crippen LogP contribution is 2.33. The van der Waals surface area contributed by atoms with Crippen molar-refractivity contribution in [2.45, 2.75) is 19.4 Å². The van der Waals surface area contributed by atoms with Crippen molar-refractivity contribution in [3.63, 3.8) is 0 Å². The van der Waals surface area contributed by atoms with Crippen LogP contribution in [0.1, 0.15) is 30.5 Å². The minimum atomic E-state index is -0.0602. The molecule has 0 aliphatic carbocycles. The molecule has 0 saturated carbocycles. The van der Waals surface area contributed by atoms with E-state index in [1.165, 1.54) is 0 Å². The van der Waals surface area contributed by atoms with Crippen molar-refractivity contribution in [3.8, 4) is 0 Å². The molecule has 3 rings (SSSR count). The van der Waals surface area contributed by atoms with Gasteiger partial charge in [-0.2, -0.15) is 5.10 Å². The van der Waals surface area contributed by atoms with Gasteiger partial charge in [-0.1, -0.05) is 54.1 Å². The zero-order valence-electron chi connectivity index (χ0n) is 11.7. The average molecular weight is 299 g/mol. The number of benzene rings is 2. The molecular formula is C17H15ClN2O. The number of hydrogen-bond acceptors (Lipinski definition) is 2. The fourth-order valence-electron chi connectivity index (χ4n) is 2.55. The van der Waals surface area contributed by atoms with Crippen molar-refractivity contribution in [2.75, 3.05) is 0 Å². The number of carbonyl (C=O) groups is 1. The van der Waals surface area contributed by atoms with E-state index in [0.717, 1.165) is 16.8 Å². The van der Waals surface area contributed by atoms with Crippen molar-refractivity contribution in [1.82, 2.24) is 5.01 Å². The van der Waals surface area contributed by atoms with Crippen LogP contribution in [0.15, 0.2) is 59.7 Å². The molecule has 0 N–H and O–H groups in total. The molecule has 1 aliphatic heterocycles. The van der Waals surface area contributed by atoms with Crippen LogP contribution in [0, 0.1) is 0 Å². The zero-order chi connectivity index (χ0) is 14.8. The van der Waals surface area contributed by atoms with Gasteiger partial charge in [-0.25, -0.2) is 5.01 Å². The molecule has 0 aromatic heterocycles. The predicted molar refractivity (Wildman–Crippen MR) is 84.3 cm³/mol. The smallest absolute Gasteiger partial charge is 0.240 e. The van der Waals surface area contributed by atoms with Crippen molar-refractivity contribution in [2.24, 2.45) is 5.10 Å². The first-order valence-electron chi connectivity index (χ1n) is 6.83. The second-order valence-electron chi connectivity index (χ2n) is 5.05. The molecule has 4 heteroatoms. The van der Waals surface area contributed by atoms with E-state index >= 15 is 0 Å². The molecule has 3 nitrogen and oxygen atoms in total. The number of hydrogen-bond donors (Lipinski definition) is 0. The summed E-state index contributed by atoms with van der Waals surface area (Å²) in [6, 6.07) is 17.5. The minimum absolute atomic E-state index is 0.0547. The molecule has 2 aromatic carbocycles. The van der Waals surface area contributed by atoms with Crippen molar-refractivity contribution < 1.29 is 4.79 Å². The molecule has 0 fully saturated rings. The van der Waals surface area contributed by atoms with Crippen LogP contribution in [-0.4, -0.2) is 16.6 Å².